The predicted molar refractivity (Wildman–Crippen MR) is 108 cm³/mol. The van der Waals surface area contributed by atoms with Crippen LogP contribution in [0.5, 0.6) is 5.75 Å². The molecule has 0 saturated heterocycles. The van der Waals surface area contributed by atoms with Crippen molar-refractivity contribution >= 4 is 22.4 Å². The van der Waals surface area contributed by atoms with Gasteiger partial charge >= 0.3 is 0 Å². The van der Waals surface area contributed by atoms with Crippen LogP contribution in [0.15, 0.2) is 71.7 Å². The molecule has 0 fully saturated rings. The maximum Gasteiger partial charge on any atom is 0.246 e. The fourth-order valence-electron chi connectivity index (χ4n) is 3.68. The Morgan fingerprint density at radius 1 is 1.04 bits per heavy atom. The summed E-state index contributed by atoms with van der Waals surface area (Å²) in [5.74, 6) is 0.807. The predicted octanol–water partition coefficient (Wildman–Crippen LogP) is 4.09. The van der Waals surface area contributed by atoms with Crippen molar-refractivity contribution in [3.63, 3.8) is 0 Å². The van der Waals surface area contributed by atoms with Gasteiger partial charge in [-0.25, -0.2) is 0 Å². The van der Waals surface area contributed by atoms with E-state index in [0.717, 1.165) is 17.0 Å². The van der Waals surface area contributed by atoms with E-state index in [2.05, 4.69) is 40.6 Å². The smallest absolute Gasteiger partial charge is 0.246 e. The highest BCUT2D eigenvalue weighted by atomic mass is 16.5. The molecule has 1 aliphatic rings. The number of hydrogen-bond donors (Lipinski definition) is 1. The first kappa shape index (κ1) is 17.3. The molecule has 27 heavy (non-hydrogen) atoms. The molecule has 0 saturated carbocycles. The summed E-state index contributed by atoms with van der Waals surface area (Å²) < 4.78 is 5.16. The summed E-state index contributed by atoms with van der Waals surface area (Å²) >= 11 is 0. The van der Waals surface area contributed by atoms with E-state index >= 15 is 0 Å². The van der Waals surface area contributed by atoms with Crippen LogP contribution < -0.4 is 10.1 Å². The highest BCUT2D eigenvalue weighted by Gasteiger charge is 2.39. The number of aliphatic imine (C=N–C) groups is 1. The van der Waals surface area contributed by atoms with Crippen LogP contribution in [-0.2, 0) is 11.3 Å². The molecule has 2 atom stereocenters. The third-order valence-corrected chi connectivity index (χ3v) is 5.16. The van der Waals surface area contributed by atoms with E-state index in [1.807, 2.05) is 43.3 Å². The fraction of sp³-hybridized carbons (Fsp3) is 0.217. The highest BCUT2D eigenvalue weighted by Crippen LogP contribution is 2.36. The Labute approximate surface area is 158 Å². The van der Waals surface area contributed by atoms with Crippen molar-refractivity contribution in [1.29, 1.82) is 0 Å². The van der Waals surface area contributed by atoms with Gasteiger partial charge in [-0.15, -0.1) is 0 Å². The number of fused-ring (bicyclic) bond motifs is 1. The second-order valence-electron chi connectivity index (χ2n) is 6.83. The Kier molecular flexibility index (Phi) is 4.63. The van der Waals surface area contributed by atoms with Crippen LogP contribution in [0.4, 0.5) is 0 Å². The van der Waals surface area contributed by atoms with E-state index in [1.165, 1.54) is 16.3 Å². The van der Waals surface area contributed by atoms with Crippen molar-refractivity contribution in [3.05, 3.63) is 77.9 Å². The lowest BCUT2D eigenvalue weighted by Crippen LogP contribution is -2.45. The lowest BCUT2D eigenvalue weighted by Gasteiger charge is -2.33. The number of hydrogen-bond acceptors (Lipinski definition) is 3. The summed E-state index contributed by atoms with van der Waals surface area (Å²) in [4.78, 5) is 17.3. The Balaban J connectivity index is 1.50. The van der Waals surface area contributed by atoms with Crippen LogP contribution in [0.3, 0.4) is 0 Å². The summed E-state index contributed by atoms with van der Waals surface area (Å²) in [5, 5.41) is 5.39. The number of ether oxygens (including phenoxy) is 1. The van der Waals surface area contributed by atoms with Crippen LogP contribution in [0.1, 0.15) is 24.0 Å². The molecule has 1 amide bonds. The van der Waals surface area contributed by atoms with Crippen LogP contribution in [0.2, 0.25) is 0 Å². The molecular formula is C23H22N2O2. The van der Waals surface area contributed by atoms with Gasteiger partial charge < -0.3 is 10.1 Å². The van der Waals surface area contributed by atoms with Gasteiger partial charge in [0, 0.05) is 12.3 Å². The van der Waals surface area contributed by atoms with Gasteiger partial charge in [0.25, 0.3) is 0 Å². The minimum absolute atomic E-state index is 0.0330. The van der Waals surface area contributed by atoms with Gasteiger partial charge in [-0.1, -0.05) is 54.6 Å². The summed E-state index contributed by atoms with van der Waals surface area (Å²) in [7, 11) is 1.64. The number of carbonyl (C=O) groups excluding carboxylic acids is 1. The van der Waals surface area contributed by atoms with Gasteiger partial charge in [0.05, 0.1) is 13.0 Å². The number of methoxy groups -OCH3 is 1. The molecule has 3 aromatic rings. The SMILES string of the molecule is COc1ccc(CNC(=O)[C@@H]2N=C(C)[C@@H]2c2cccc3ccccc23)cc1. The van der Waals surface area contributed by atoms with Gasteiger partial charge in [-0.05, 0) is 41.0 Å². The molecule has 4 rings (SSSR count). The van der Waals surface area contributed by atoms with Crippen molar-refractivity contribution < 1.29 is 9.53 Å². The second-order valence-corrected chi connectivity index (χ2v) is 6.83. The molecule has 4 nitrogen and oxygen atoms in total. The molecule has 0 spiro atoms. The second kappa shape index (κ2) is 7.23. The standard InChI is InChI=1S/C23H22N2O2/c1-15-21(20-9-5-7-17-6-3-4-8-19(17)20)22(25-15)23(26)24-14-16-10-12-18(27-2)13-11-16/h3-13,21-22H,14H2,1-2H3,(H,24,26)/t21-,22-/m1/s1. The first-order valence-corrected chi connectivity index (χ1v) is 9.10. The Morgan fingerprint density at radius 3 is 2.52 bits per heavy atom. The van der Waals surface area contributed by atoms with E-state index in [9.17, 15) is 4.79 Å². The van der Waals surface area contributed by atoms with Crippen LogP contribution in [0.25, 0.3) is 10.8 Å². The summed E-state index contributed by atoms with van der Waals surface area (Å²) in [6.45, 7) is 2.48. The van der Waals surface area contributed by atoms with Crippen LogP contribution in [0, 0.1) is 0 Å². The first-order valence-electron chi connectivity index (χ1n) is 9.10. The van der Waals surface area contributed by atoms with E-state index in [1.54, 1.807) is 7.11 Å². The molecule has 1 N–H and O–H groups in total. The van der Waals surface area contributed by atoms with E-state index in [4.69, 9.17) is 4.74 Å². The Bertz CT molecular complexity index is 1000. The van der Waals surface area contributed by atoms with Crippen molar-refractivity contribution in [2.45, 2.75) is 25.4 Å². The van der Waals surface area contributed by atoms with Crippen molar-refractivity contribution in [1.82, 2.24) is 5.32 Å². The third kappa shape index (κ3) is 3.31. The van der Waals surface area contributed by atoms with Crippen molar-refractivity contribution in [2.75, 3.05) is 7.11 Å². The molecule has 1 heterocycles. The molecular weight excluding hydrogens is 336 g/mol. The van der Waals surface area contributed by atoms with Crippen LogP contribution >= 0.6 is 0 Å². The van der Waals surface area contributed by atoms with Crippen molar-refractivity contribution in [3.8, 4) is 5.75 Å². The molecule has 136 valence electrons. The monoisotopic (exact) mass is 358 g/mol. The lowest BCUT2D eigenvalue weighted by atomic mass is 9.80. The van der Waals surface area contributed by atoms with Crippen LogP contribution in [-0.4, -0.2) is 24.8 Å². The molecule has 3 aromatic carbocycles. The normalized spacial score (nSPS) is 18.5. The first-order chi connectivity index (χ1) is 13.2. The summed E-state index contributed by atoms with van der Waals surface area (Å²) in [6.07, 6.45) is 0. The molecule has 1 aliphatic heterocycles. The van der Waals surface area contributed by atoms with E-state index in [0.29, 0.717) is 6.54 Å². The lowest BCUT2D eigenvalue weighted by molar-refractivity contribution is -0.123. The fourth-order valence-corrected chi connectivity index (χ4v) is 3.68. The molecule has 4 heteroatoms. The topological polar surface area (TPSA) is 50.7 Å². The maximum atomic E-state index is 12.7. The number of rotatable bonds is 5. The highest BCUT2D eigenvalue weighted by molar-refractivity contribution is 6.06. The average molecular weight is 358 g/mol. The quantitative estimate of drug-likeness (QED) is 0.747. The zero-order valence-electron chi connectivity index (χ0n) is 15.5. The maximum absolute atomic E-state index is 12.7. The third-order valence-electron chi connectivity index (χ3n) is 5.16. The van der Waals surface area contributed by atoms with Gasteiger partial charge in [0.2, 0.25) is 5.91 Å². The van der Waals surface area contributed by atoms with Gasteiger partial charge in [-0.3, -0.25) is 9.79 Å². The summed E-state index contributed by atoms with van der Waals surface area (Å²) in [5.41, 5.74) is 3.21. The van der Waals surface area contributed by atoms with Gasteiger partial charge in [-0.2, -0.15) is 0 Å². The Morgan fingerprint density at radius 2 is 1.78 bits per heavy atom. The van der Waals surface area contributed by atoms with E-state index in [-0.39, 0.29) is 17.9 Å². The molecule has 0 aliphatic carbocycles. The number of amides is 1. The van der Waals surface area contributed by atoms with Crippen molar-refractivity contribution in [2.24, 2.45) is 4.99 Å². The summed E-state index contributed by atoms with van der Waals surface area (Å²) in [6, 6.07) is 21.9. The zero-order chi connectivity index (χ0) is 18.8. The van der Waals surface area contributed by atoms with Gasteiger partial charge in [0.1, 0.15) is 11.8 Å². The number of nitrogens with zero attached hydrogens (tertiary/aromatic N) is 1. The minimum atomic E-state index is -0.367. The Hall–Kier alpha value is -3.14. The number of carbonyl (C=O) groups is 1. The molecule has 0 unspecified atom stereocenters. The molecule has 0 bridgehead atoms. The number of benzene rings is 3. The average Bonchev–Trinajstić information content (AvgIpc) is 2.71. The molecule has 0 aromatic heterocycles. The largest absolute Gasteiger partial charge is 0.497 e. The van der Waals surface area contributed by atoms with E-state index < -0.39 is 0 Å². The number of nitrogens with one attached hydrogen (secondary N) is 1. The minimum Gasteiger partial charge on any atom is -0.497 e. The molecule has 0 radical (unpaired) electrons. The van der Waals surface area contributed by atoms with Gasteiger partial charge in [0.15, 0.2) is 0 Å². The zero-order valence-corrected chi connectivity index (χ0v) is 15.5.